The molecule has 0 radical (unpaired) electrons. The quantitative estimate of drug-likeness (QED) is 0.0198. The van der Waals surface area contributed by atoms with Crippen molar-refractivity contribution in [3.05, 3.63) is 264 Å². The Morgan fingerprint density at radius 2 is 0.775 bits per heavy atom. The minimum absolute atomic E-state index is 0.0217. The van der Waals surface area contributed by atoms with Crippen molar-refractivity contribution in [1.29, 1.82) is 0 Å². The standard InChI is InChI=1S/C34H41N7O3.C34H43N7O3.C30H32N6O5/c1-3-24-10-14-27(15-11-24)41-23-30(33(43)38-44-28-6-4-5-7-28)31(42)29-22-35-34(37-32(29)41)36-26-12-8-25(9-13-26)16-17-40-20-18-39(2)19-21-40;1-5-24-10-14-27(15-11-24)41-23-30(33(43)38-44-28(6-2)7-3)31(42)29-22-35-34(37-32(29)41)36-26-12-8-25(9-13-26)16-17-40-20-18-39(4)19-21-40;1-3-19-4-10-23(11-5-19)36-17-25(29(40)34-41-2)27(39)24-16-31-30(33-28(24)36)32-22-8-6-20(7-9-22)21-12-14-35(15-13-21)18-26(37)38/h8-15,22-23,28H,3-7,16-21H2,1-2H3,(H,38,43)(H,35,36,37);8-15,22-23,28H,5-7,16-21H2,1-4H3,(H,38,43)(H,35,36,37);4-11,16-17,21H,3,12-15,18H2,1-2H3,(H,34,40)(H,37,38)(H,31,32,33). The van der Waals surface area contributed by atoms with Crippen LogP contribution in [0.25, 0.3) is 50.2 Å². The molecule has 4 aliphatic rings. The first-order valence-corrected chi connectivity index (χ1v) is 44.9. The number of carboxylic acid groups (broad SMARTS) is 1. The molecule has 7 N–H and O–H groups in total. The maximum Gasteiger partial charge on any atom is 0.317 e. The van der Waals surface area contributed by atoms with Crippen LogP contribution in [0.5, 0.6) is 0 Å². The number of carbonyl (C=O) groups is 4. The fourth-order valence-electron chi connectivity index (χ4n) is 16.3. The predicted molar refractivity (Wildman–Crippen MR) is 502 cm³/mol. The first-order valence-electron chi connectivity index (χ1n) is 44.9. The molecule has 3 saturated heterocycles. The number of likely N-dealkylation sites (tertiary alicyclic amines) is 1. The van der Waals surface area contributed by atoms with E-state index < -0.39 is 40.0 Å². The van der Waals surface area contributed by atoms with Gasteiger partial charge in [-0.15, -0.1) is 0 Å². The first kappa shape index (κ1) is 92.3. The number of aliphatic carboxylic acids is 1. The van der Waals surface area contributed by atoms with Crippen molar-refractivity contribution in [1.82, 2.24) is 84.5 Å². The van der Waals surface area contributed by atoms with Gasteiger partial charge in [-0.1, -0.05) is 120 Å². The molecule has 0 unspecified atom stereocenters. The molecule has 129 heavy (non-hydrogen) atoms. The van der Waals surface area contributed by atoms with Gasteiger partial charge in [0.1, 0.15) is 16.7 Å². The molecule has 0 spiro atoms. The highest BCUT2D eigenvalue weighted by molar-refractivity contribution is 5.98. The Hall–Kier alpha value is -12.9. The molecule has 16 rings (SSSR count). The highest BCUT2D eigenvalue weighted by Gasteiger charge is 2.27. The zero-order chi connectivity index (χ0) is 90.5. The molecule has 0 bridgehead atoms. The molecule has 6 aromatic carbocycles. The van der Waals surface area contributed by atoms with Gasteiger partial charge in [0.2, 0.25) is 34.1 Å². The van der Waals surface area contributed by atoms with Crippen molar-refractivity contribution in [2.24, 2.45) is 0 Å². The van der Waals surface area contributed by atoms with E-state index >= 15 is 0 Å². The second-order valence-corrected chi connectivity index (χ2v) is 33.3. The number of benzene rings is 6. The van der Waals surface area contributed by atoms with Crippen molar-refractivity contribution < 1.29 is 38.8 Å². The van der Waals surface area contributed by atoms with Crippen molar-refractivity contribution in [2.75, 3.05) is 122 Å². The summed E-state index contributed by atoms with van der Waals surface area (Å²) in [5.41, 5.74) is 18.9. The summed E-state index contributed by atoms with van der Waals surface area (Å²) in [5, 5.41) is 19.5. The second kappa shape index (κ2) is 44.2. The van der Waals surface area contributed by atoms with Gasteiger partial charge >= 0.3 is 5.97 Å². The minimum atomic E-state index is -0.793. The first-order chi connectivity index (χ1) is 62.7. The number of hydrogen-bond acceptors (Lipinski definition) is 24. The summed E-state index contributed by atoms with van der Waals surface area (Å²) in [4.78, 5) is 145. The van der Waals surface area contributed by atoms with Crippen LogP contribution in [0.1, 0.15) is 156 Å². The largest absolute Gasteiger partial charge is 0.480 e. The predicted octanol–water partition coefficient (Wildman–Crippen LogP) is 12.8. The van der Waals surface area contributed by atoms with Gasteiger partial charge in [0, 0.05) is 137 Å². The molecule has 1 saturated carbocycles. The highest BCUT2D eigenvalue weighted by atomic mass is 16.7. The number of hydrogen-bond donors (Lipinski definition) is 7. The van der Waals surface area contributed by atoms with E-state index in [9.17, 15) is 33.6 Å². The monoisotopic (exact) mass is 1750 g/mol. The van der Waals surface area contributed by atoms with Gasteiger partial charge < -0.3 is 54.4 Å². The number of anilines is 6. The van der Waals surface area contributed by atoms with Crippen LogP contribution in [0.4, 0.5) is 34.9 Å². The van der Waals surface area contributed by atoms with Crippen LogP contribution in [0.2, 0.25) is 0 Å². The Balaban J connectivity index is 0.000000156. The van der Waals surface area contributed by atoms with E-state index in [1.165, 1.54) is 65.9 Å². The van der Waals surface area contributed by atoms with Crippen LogP contribution in [-0.2, 0) is 51.4 Å². The maximum absolute atomic E-state index is 13.5. The Morgan fingerprint density at radius 1 is 0.426 bits per heavy atom. The number of fused-ring (bicyclic) bond motifs is 3. The highest BCUT2D eigenvalue weighted by Crippen LogP contribution is 2.31. The van der Waals surface area contributed by atoms with E-state index in [4.69, 9.17) is 29.6 Å². The number of aryl methyl sites for hydroxylation is 3. The van der Waals surface area contributed by atoms with Crippen molar-refractivity contribution in [3.63, 3.8) is 0 Å². The lowest BCUT2D eigenvalue weighted by molar-refractivity contribution is -0.138. The number of likely N-dealkylation sites (N-methyl/N-ethyl adjacent to an activating group) is 2. The van der Waals surface area contributed by atoms with Gasteiger partial charge in [-0.2, -0.15) is 15.0 Å². The van der Waals surface area contributed by atoms with Gasteiger partial charge in [0.05, 0.1) is 42.0 Å². The number of carboxylic acids is 1. The van der Waals surface area contributed by atoms with Gasteiger partial charge in [0.25, 0.3) is 17.7 Å². The van der Waals surface area contributed by atoms with Crippen LogP contribution < -0.4 is 48.7 Å². The molecule has 12 aromatic rings. The number of nitrogens with one attached hydrogen (secondary N) is 6. The average Bonchev–Trinajstić information content (AvgIpc) is 1.73. The smallest absolute Gasteiger partial charge is 0.317 e. The van der Waals surface area contributed by atoms with Crippen LogP contribution in [-0.4, -0.2) is 215 Å². The summed E-state index contributed by atoms with van der Waals surface area (Å²) in [7, 11) is 5.65. The van der Waals surface area contributed by atoms with E-state index in [2.05, 4.69) is 143 Å². The molecule has 31 nitrogen and oxygen atoms in total. The summed E-state index contributed by atoms with van der Waals surface area (Å²) in [6.45, 7) is 22.9. The number of rotatable bonds is 31. The normalized spacial score (nSPS) is 15.0. The zero-order valence-corrected chi connectivity index (χ0v) is 74.7. The molecular formula is C98H116N20O11. The third kappa shape index (κ3) is 23.9. The third-order valence-corrected chi connectivity index (χ3v) is 24.5. The molecule has 9 heterocycles. The summed E-state index contributed by atoms with van der Waals surface area (Å²) in [6.07, 6.45) is 20.7. The number of piperazine rings is 2. The fourth-order valence-corrected chi connectivity index (χ4v) is 16.3. The number of piperidine rings is 1. The molecule has 6 aromatic heterocycles. The molecule has 3 amide bonds. The lowest BCUT2D eigenvalue weighted by Crippen LogP contribution is -2.45. The Labute approximate surface area is 750 Å². The number of carbonyl (C=O) groups excluding carboxylic acids is 3. The molecular weight excluding hydrogens is 1630 g/mol. The second-order valence-electron chi connectivity index (χ2n) is 33.3. The van der Waals surface area contributed by atoms with Gasteiger partial charge in [-0.05, 0) is 210 Å². The minimum Gasteiger partial charge on any atom is -0.480 e. The van der Waals surface area contributed by atoms with Gasteiger partial charge in [-0.3, -0.25) is 53.0 Å². The molecule has 3 aliphatic heterocycles. The average molecular weight is 1750 g/mol. The van der Waals surface area contributed by atoms with Crippen molar-refractivity contribution in [2.45, 2.75) is 136 Å². The number of nitrogens with zero attached hydrogens (tertiary/aromatic N) is 14. The SMILES string of the molecule is CCc1ccc(-n2cc(C(=O)NOC(CC)CC)c(=O)c3cnc(Nc4ccc(CCN5CCN(C)CC5)cc4)nc32)cc1.CCc1ccc(-n2cc(C(=O)NOC)c(=O)c3cnc(Nc4ccc(C5CCN(CC(=O)O)CC5)cc4)nc32)cc1.CCc1ccc(-n2cc(C(=O)NOC3CCCC3)c(=O)c3cnc(Nc4ccc(CCN5CCN(C)CC5)cc4)nc32)cc1. The molecule has 4 fully saturated rings. The molecule has 31 heteroatoms. The van der Waals surface area contributed by atoms with E-state index in [1.807, 2.05) is 128 Å². The van der Waals surface area contributed by atoms with Crippen LogP contribution in [0, 0.1) is 0 Å². The zero-order valence-electron chi connectivity index (χ0n) is 74.7. The Morgan fingerprint density at radius 3 is 1.12 bits per heavy atom. The molecule has 0 atom stereocenters. The van der Waals surface area contributed by atoms with E-state index in [-0.39, 0.29) is 51.6 Å². The number of aromatic nitrogens is 9. The maximum atomic E-state index is 13.5. The van der Waals surface area contributed by atoms with Gasteiger partial charge in [0.15, 0.2) is 16.9 Å². The summed E-state index contributed by atoms with van der Waals surface area (Å²) in [5.74, 6) is -1.22. The fraction of sp³-hybridized carbons (Fsp3) is 0.378. The van der Waals surface area contributed by atoms with Crippen LogP contribution in [0.15, 0.2) is 197 Å². The third-order valence-electron chi connectivity index (χ3n) is 24.5. The number of pyridine rings is 3. The van der Waals surface area contributed by atoms with E-state index in [1.54, 1.807) is 19.9 Å². The van der Waals surface area contributed by atoms with Crippen LogP contribution in [0.3, 0.4) is 0 Å². The molecule has 674 valence electrons. The van der Waals surface area contributed by atoms with Crippen molar-refractivity contribution in [3.8, 4) is 17.1 Å². The Kier molecular flexibility index (Phi) is 31.7. The van der Waals surface area contributed by atoms with Crippen LogP contribution >= 0.6 is 0 Å². The summed E-state index contributed by atoms with van der Waals surface area (Å²) in [6, 6.07) is 48.5. The topological polar surface area (TPSA) is 348 Å². The summed E-state index contributed by atoms with van der Waals surface area (Å²) < 4.78 is 5.24. The number of hydroxylamine groups is 3. The van der Waals surface area contributed by atoms with Crippen molar-refractivity contribution >= 4 is 91.7 Å². The van der Waals surface area contributed by atoms with E-state index in [0.717, 1.165) is 202 Å². The number of amides is 3. The lowest BCUT2D eigenvalue weighted by atomic mass is 9.89. The lowest BCUT2D eigenvalue weighted by Gasteiger charge is -2.32. The van der Waals surface area contributed by atoms with E-state index in [0.29, 0.717) is 40.7 Å². The Bertz CT molecular complexity index is 5790. The summed E-state index contributed by atoms with van der Waals surface area (Å²) >= 11 is 0. The van der Waals surface area contributed by atoms with Gasteiger partial charge in [-0.25, -0.2) is 31.4 Å². The molecule has 1 aliphatic carbocycles.